The highest BCUT2D eigenvalue weighted by molar-refractivity contribution is 5.80. The zero-order valence-corrected chi connectivity index (χ0v) is 17.2. The summed E-state index contributed by atoms with van der Waals surface area (Å²) in [5, 5.41) is 11.4. The molecule has 0 spiro atoms. The first-order valence-electron chi connectivity index (χ1n) is 10.1. The molecule has 31 heavy (non-hydrogen) atoms. The van der Waals surface area contributed by atoms with E-state index in [2.05, 4.69) is 9.88 Å². The van der Waals surface area contributed by atoms with E-state index in [1.165, 1.54) is 13.2 Å². The molecule has 0 unspecified atom stereocenters. The van der Waals surface area contributed by atoms with Crippen LogP contribution in [0.3, 0.4) is 0 Å². The molecule has 3 heterocycles. The van der Waals surface area contributed by atoms with Crippen molar-refractivity contribution in [1.29, 1.82) is 0 Å². The quantitative estimate of drug-likeness (QED) is 0.602. The van der Waals surface area contributed by atoms with E-state index in [0.717, 1.165) is 24.0 Å². The molecule has 2 aromatic heterocycles. The summed E-state index contributed by atoms with van der Waals surface area (Å²) >= 11 is 0. The Hall–Kier alpha value is -3.23. The molecule has 1 fully saturated rings. The molecule has 162 valence electrons. The maximum atomic E-state index is 12.5. The van der Waals surface area contributed by atoms with E-state index in [9.17, 15) is 14.7 Å². The molecule has 4 rings (SSSR count). The SMILES string of the molecule is COC(=O)C[C@@H](c1ccc2ncccc2c1)c1oc(CN2CCOCC2)cc(=O)c1O. The van der Waals surface area contributed by atoms with Crippen LogP contribution in [0.4, 0.5) is 0 Å². The average Bonchev–Trinajstić information content (AvgIpc) is 2.80. The summed E-state index contributed by atoms with van der Waals surface area (Å²) in [5.74, 6) is -1.17. The zero-order chi connectivity index (χ0) is 21.8. The molecular formula is C23H24N2O6. The van der Waals surface area contributed by atoms with Gasteiger partial charge in [0.2, 0.25) is 11.2 Å². The summed E-state index contributed by atoms with van der Waals surface area (Å²) in [6, 6.07) is 10.6. The van der Waals surface area contributed by atoms with E-state index >= 15 is 0 Å². The van der Waals surface area contributed by atoms with Crippen LogP contribution in [0.25, 0.3) is 10.9 Å². The number of esters is 1. The lowest BCUT2D eigenvalue weighted by molar-refractivity contribution is -0.140. The minimum Gasteiger partial charge on any atom is -0.502 e. The Balaban J connectivity index is 1.76. The second-order valence-electron chi connectivity index (χ2n) is 7.47. The molecule has 1 saturated heterocycles. The number of benzene rings is 1. The van der Waals surface area contributed by atoms with Crippen molar-refractivity contribution in [2.75, 3.05) is 33.4 Å². The van der Waals surface area contributed by atoms with Crippen LogP contribution in [0.5, 0.6) is 5.75 Å². The van der Waals surface area contributed by atoms with Crippen molar-refractivity contribution in [3.8, 4) is 5.75 Å². The molecule has 1 aliphatic rings. The van der Waals surface area contributed by atoms with Gasteiger partial charge in [-0.15, -0.1) is 0 Å². The van der Waals surface area contributed by atoms with Gasteiger partial charge >= 0.3 is 5.97 Å². The monoisotopic (exact) mass is 424 g/mol. The smallest absolute Gasteiger partial charge is 0.306 e. The molecule has 1 N–H and O–H groups in total. The Morgan fingerprint density at radius 1 is 1.26 bits per heavy atom. The number of morpholine rings is 1. The van der Waals surface area contributed by atoms with Gasteiger partial charge in [0.25, 0.3) is 0 Å². The second kappa shape index (κ2) is 9.28. The number of methoxy groups -OCH3 is 1. The molecule has 8 heteroatoms. The van der Waals surface area contributed by atoms with Crippen LogP contribution in [0, 0.1) is 0 Å². The minimum atomic E-state index is -0.686. The van der Waals surface area contributed by atoms with Crippen molar-refractivity contribution >= 4 is 16.9 Å². The van der Waals surface area contributed by atoms with Crippen molar-refractivity contribution in [3.05, 3.63) is 69.9 Å². The molecular weight excluding hydrogens is 400 g/mol. The molecule has 0 amide bonds. The lowest BCUT2D eigenvalue weighted by Gasteiger charge is -2.26. The highest BCUT2D eigenvalue weighted by atomic mass is 16.5. The number of hydrogen-bond donors (Lipinski definition) is 1. The summed E-state index contributed by atoms with van der Waals surface area (Å²) in [7, 11) is 1.30. The van der Waals surface area contributed by atoms with Crippen LogP contribution in [0.1, 0.15) is 29.4 Å². The minimum absolute atomic E-state index is 0.0596. The fourth-order valence-electron chi connectivity index (χ4n) is 3.77. The summed E-state index contributed by atoms with van der Waals surface area (Å²) in [6.45, 7) is 3.10. The van der Waals surface area contributed by atoms with Crippen LogP contribution in [0.2, 0.25) is 0 Å². The third-order valence-electron chi connectivity index (χ3n) is 5.43. The van der Waals surface area contributed by atoms with Crippen LogP contribution in [-0.2, 0) is 20.8 Å². The third-order valence-corrected chi connectivity index (χ3v) is 5.43. The molecule has 0 aliphatic carbocycles. The maximum absolute atomic E-state index is 12.5. The lowest BCUT2D eigenvalue weighted by atomic mass is 9.91. The van der Waals surface area contributed by atoms with E-state index in [0.29, 0.717) is 31.1 Å². The number of aromatic hydroxyl groups is 1. The first kappa shape index (κ1) is 21.0. The summed E-state index contributed by atoms with van der Waals surface area (Å²) in [6.07, 6.45) is 1.62. The molecule has 3 aromatic rings. The molecule has 8 nitrogen and oxygen atoms in total. The normalized spacial score (nSPS) is 15.6. The van der Waals surface area contributed by atoms with Gasteiger partial charge in [-0.25, -0.2) is 0 Å². The Morgan fingerprint density at radius 2 is 2.06 bits per heavy atom. The van der Waals surface area contributed by atoms with Gasteiger partial charge < -0.3 is 19.0 Å². The Bertz CT molecular complexity index is 1140. The fourth-order valence-corrected chi connectivity index (χ4v) is 3.77. The lowest BCUT2D eigenvalue weighted by Crippen LogP contribution is -2.35. The van der Waals surface area contributed by atoms with Gasteiger partial charge in [0.1, 0.15) is 5.76 Å². The van der Waals surface area contributed by atoms with Gasteiger partial charge in [-0.2, -0.15) is 0 Å². The first-order chi connectivity index (χ1) is 15.0. The molecule has 0 radical (unpaired) electrons. The van der Waals surface area contributed by atoms with Crippen molar-refractivity contribution in [1.82, 2.24) is 9.88 Å². The van der Waals surface area contributed by atoms with E-state index in [-0.39, 0.29) is 12.2 Å². The highest BCUT2D eigenvalue weighted by Gasteiger charge is 2.27. The summed E-state index contributed by atoms with van der Waals surface area (Å²) in [5.41, 5.74) is 0.976. The largest absolute Gasteiger partial charge is 0.502 e. The third kappa shape index (κ3) is 4.76. The molecule has 1 atom stereocenters. The van der Waals surface area contributed by atoms with Crippen molar-refractivity contribution in [2.24, 2.45) is 0 Å². The number of carbonyl (C=O) groups is 1. The fraction of sp³-hybridized carbons (Fsp3) is 0.348. The van der Waals surface area contributed by atoms with E-state index in [4.69, 9.17) is 13.9 Å². The Morgan fingerprint density at radius 3 is 2.84 bits per heavy atom. The number of aromatic nitrogens is 1. The van der Waals surface area contributed by atoms with E-state index < -0.39 is 23.1 Å². The number of ether oxygens (including phenoxy) is 2. The Kier molecular flexibility index (Phi) is 6.29. The van der Waals surface area contributed by atoms with Crippen LogP contribution >= 0.6 is 0 Å². The van der Waals surface area contributed by atoms with Gasteiger partial charge in [0.05, 0.1) is 44.7 Å². The first-order valence-corrected chi connectivity index (χ1v) is 10.1. The average molecular weight is 424 g/mol. The van der Waals surface area contributed by atoms with Crippen LogP contribution < -0.4 is 5.43 Å². The van der Waals surface area contributed by atoms with Crippen molar-refractivity contribution < 1.29 is 23.8 Å². The number of rotatable bonds is 6. The molecule has 0 saturated carbocycles. The van der Waals surface area contributed by atoms with Gasteiger partial charge in [0.15, 0.2) is 5.76 Å². The van der Waals surface area contributed by atoms with E-state index in [1.54, 1.807) is 6.20 Å². The Labute approximate surface area is 179 Å². The van der Waals surface area contributed by atoms with Gasteiger partial charge in [-0.05, 0) is 23.8 Å². The number of nitrogens with zero attached hydrogens (tertiary/aromatic N) is 2. The highest BCUT2D eigenvalue weighted by Crippen LogP contribution is 2.34. The summed E-state index contributed by atoms with van der Waals surface area (Å²) < 4.78 is 16.2. The molecule has 1 aromatic carbocycles. The van der Waals surface area contributed by atoms with Crippen molar-refractivity contribution in [2.45, 2.75) is 18.9 Å². The zero-order valence-electron chi connectivity index (χ0n) is 17.2. The topological polar surface area (TPSA) is 102 Å². The van der Waals surface area contributed by atoms with E-state index in [1.807, 2.05) is 30.3 Å². The predicted octanol–water partition coefficient (Wildman–Crippen LogP) is 2.42. The number of carbonyl (C=O) groups excluding carboxylic acids is 1. The van der Waals surface area contributed by atoms with Gasteiger partial charge in [-0.3, -0.25) is 19.5 Å². The maximum Gasteiger partial charge on any atom is 0.306 e. The standard InChI is InChI=1S/C23H24N2O6/c1-29-21(27)13-18(15-4-5-19-16(11-15)3-2-6-24-19)23-22(28)20(26)12-17(31-23)14-25-7-9-30-10-8-25/h2-6,11-12,18,28H,7-10,13-14H2,1H3/t18-/m0/s1. The van der Waals surface area contributed by atoms with Gasteiger partial charge in [0, 0.05) is 30.7 Å². The predicted molar refractivity (Wildman–Crippen MR) is 113 cm³/mol. The number of pyridine rings is 1. The van der Waals surface area contributed by atoms with Gasteiger partial charge in [-0.1, -0.05) is 12.1 Å². The van der Waals surface area contributed by atoms with Crippen molar-refractivity contribution in [3.63, 3.8) is 0 Å². The second-order valence-corrected chi connectivity index (χ2v) is 7.47. The van der Waals surface area contributed by atoms with Crippen LogP contribution in [-0.4, -0.2) is 54.4 Å². The number of hydrogen-bond acceptors (Lipinski definition) is 8. The summed E-state index contributed by atoms with van der Waals surface area (Å²) in [4.78, 5) is 31.1. The number of fused-ring (bicyclic) bond motifs is 1. The molecule has 1 aliphatic heterocycles. The van der Waals surface area contributed by atoms with Crippen LogP contribution in [0.15, 0.2) is 51.8 Å². The molecule has 0 bridgehead atoms.